The fraction of sp³-hybridized carbons (Fsp3) is 0.217. The van der Waals surface area contributed by atoms with Crippen molar-refractivity contribution in [1.82, 2.24) is 25.3 Å². The van der Waals surface area contributed by atoms with Crippen molar-refractivity contribution in [3.05, 3.63) is 59.2 Å². The van der Waals surface area contributed by atoms with Gasteiger partial charge < -0.3 is 31.2 Å². The maximum Gasteiger partial charge on any atom is 0.326 e. The van der Waals surface area contributed by atoms with Crippen molar-refractivity contribution in [3.8, 4) is 0 Å². The number of nitrogens with zero attached hydrogens (tertiary/aromatic N) is 2. The van der Waals surface area contributed by atoms with Gasteiger partial charge in [0.15, 0.2) is 0 Å². The Morgan fingerprint density at radius 2 is 1.49 bits per heavy atom. The number of aliphatic carboxylic acids is 2. The topological polar surface area (TPSA) is 211 Å². The van der Waals surface area contributed by atoms with Crippen LogP contribution in [0.1, 0.15) is 40.4 Å². The first-order chi connectivity index (χ1) is 16.7. The summed E-state index contributed by atoms with van der Waals surface area (Å²) < 4.78 is 0. The number of hydrogen-bond donors (Lipinski definition) is 7. The molecule has 1 atom stereocenters. The maximum atomic E-state index is 12.5. The monoisotopic (exact) mass is 477 g/mol. The molecule has 0 radical (unpaired) electrons. The van der Waals surface area contributed by atoms with E-state index in [1.807, 2.05) is 0 Å². The number of carbonyl (C=O) groups is 3. The van der Waals surface area contributed by atoms with Crippen molar-refractivity contribution in [3.63, 3.8) is 0 Å². The lowest BCUT2D eigenvalue weighted by Gasteiger charge is -2.13. The van der Waals surface area contributed by atoms with Crippen LogP contribution in [0.4, 0.5) is 0 Å². The molecule has 0 aliphatic carbocycles. The van der Waals surface area contributed by atoms with Crippen LogP contribution in [0, 0.1) is 5.41 Å². The fourth-order valence-electron chi connectivity index (χ4n) is 3.67. The molecule has 12 nitrogen and oxygen atoms in total. The van der Waals surface area contributed by atoms with Crippen molar-refractivity contribution in [1.29, 1.82) is 5.41 Å². The summed E-state index contributed by atoms with van der Waals surface area (Å²) in [5.74, 6) is -1.63. The number of benzene rings is 2. The Kier molecular flexibility index (Phi) is 6.44. The fourth-order valence-corrected chi connectivity index (χ4v) is 3.67. The predicted molar refractivity (Wildman–Crippen MR) is 126 cm³/mol. The number of aromatic nitrogens is 4. The number of rotatable bonds is 10. The van der Waals surface area contributed by atoms with E-state index in [2.05, 4.69) is 25.3 Å². The number of amides is 1. The lowest BCUT2D eigenvalue weighted by atomic mass is 10.1. The molecule has 0 saturated heterocycles. The number of nitrogens with two attached hydrogens (primary N) is 1. The number of nitrogen functional groups attached to an aromatic ring is 1. The minimum Gasteiger partial charge on any atom is -0.481 e. The maximum absolute atomic E-state index is 12.5. The number of hydrogen-bond acceptors (Lipinski definition) is 6. The van der Waals surface area contributed by atoms with Crippen LogP contribution in [-0.2, 0) is 22.4 Å². The van der Waals surface area contributed by atoms with E-state index in [4.69, 9.17) is 16.2 Å². The molecule has 8 N–H and O–H groups in total. The summed E-state index contributed by atoms with van der Waals surface area (Å²) in [6.07, 6.45) is 0.529. The molecule has 0 saturated carbocycles. The van der Waals surface area contributed by atoms with Crippen LogP contribution < -0.4 is 11.1 Å². The molecule has 0 fully saturated rings. The minimum atomic E-state index is -1.30. The number of carboxylic acid groups (broad SMARTS) is 2. The number of nitrogens with one attached hydrogen (secondary N) is 4. The number of amidine groups is 1. The van der Waals surface area contributed by atoms with Gasteiger partial charge in [0.25, 0.3) is 5.91 Å². The third kappa shape index (κ3) is 5.43. The average Bonchev–Trinajstić information content (AvgIpc) is 3.41. The van der Waals surface area contributed by atoms with E-state index < -0.39 is 23.9 Å². The Morgan fingerprint density at radius 1 is 0.943 bits per heavy atom. The molecule has 4 rings (SSSR count). The summed E-state index contributed by atoms with van der Waals surface area (Å²) in [5.41, 5.74) is 9.20. The van der Waals surface area contributed by atoms with E-state index in [0.29, 0.717) is 35.3 Å². The molecule has 0 aliphatic rings. The molecule has 0 spiro atoms. The molecule has 1 amide bonds. The van der Waals surface area contributed by atoms with Crippen LogP contribution >= 0.6 is 0 Å². The number of carbonyl (C=O) groups excluding carboxylic acids is 1. The van der Waals surface area contributed by atoms with Crippen molar-refractivity contribution in [2.75, 3.05) is 0 Å². The first-order valence-electron chi connectivity index (χ1n) is 10.8. The summed E-state index contributed by atoms with van der Waals surface area (Å²) >= 11 is 0. The zero-order chi connectivity index (χ0) is 25.1. The highest BCUT2D eigenvalue weighted by molar-refractivity contribution is 5.99. The van der Waals surface area contributed by atoms with Gasteiger partial charge in [0.05, 0.1) is 22.1 Å². The summed E-state index contributed by atoms with van der Waals surface area (Å²) in [7, 11) is 0. The second-order valence-electron chi connectivity index (χ2n) is 8.04. The SMILES string of the molecule is N=C(N)c1ccc2nc(CCc3nc4ccc(C(=O)NC(CCC(=O)O)C(=O)O)cc4[nH]3)[nH]c2c1. The molecule has 4 aromatic rings. The first kappa shape index (κ1) is 23.4. The van der Waals surface area contributed by atoms with Gasteiger partial charge in [0.2, 0.25) is 0 Å². The molecule has 0 bridgehead atoms. The number of fused-ring (bicyclic) bond motifs is 2. The van der Waals surface area contributed by atoms with Gasteiger partial charge in [-0.05, 0) is 42.8 Å². The number of carboxylic acids is 2. The second kappa shape index (κ2) is 9.63. The van der Waals surface area contributed by atoms with E-state index in [-0.39, 0.29) is 24.2 Å². The summed E-state index contributed by atoms with van der Waals surface area (Å²) in [4.78, 5) is 50.0. The predicted octanol–water partition coefficient (Wildman–Crippen LogP) is 1.56. The molecule has 1 unspecified atom stereocenters. The number of aryl methyl sites for hydroxylation is 2. The lowest BCUT2D eigenvalue weighted by molar-refractivity contribution is -0.140. The highest BCUT2D eigenvalue weighted by atomic mass is 16.4. The number of H-pyrrole nitrogens is 2. The zero-order valence-electron chi connectivity index (χ0n) is 18.5. The van der Waals surface area contributed by atoms with Crippen molar-refractivity contribution in [2.24, 2.45) is 5.73 Å². The van der Waals surface area contributed by atoms with Crippen molar-refractivity contribution >= 4 is 45.7 Å². The van der Waals surface area contributed by atoms with Crippen LogP contribution in [0.2, 0.25) is 0 Å². The van der Waals surface area contributed by atoms with Crippen LogP contribution in [0.5, 0.6) is 0 Å². The normalized spacial score (nSPS) is 12.0. The molecule has 2 heterocycles. The van der Waals surface area contributed by atoms with E-state index in [1.54, 1.807) is 30.3 Å². The largest absolute Gasteiger partial charge is 0.481 e. The zero-order valence-corrected chi connectivity index (χ0v) is 18.5. The van der Waals surface area contributed by atoms with Crippen molar-refractivity contribution < 1.29 is 24.6 Å². The van der Waals surface area contributed by atoms with E-state index in [1.165, 1.54) is 6.07 Å². The van der Waals surface area contributed by atoms with Gasteiger partial charge in [-0.3, -0.25) is 15.0 Å². The Bertz CT molecular complexity index is 1460. The summed E-state index contributed by atoms with van der Waals surface area (Å²) in [6.45, 7) is 0. The standard InChI is InChI=1S/C23H23N7O5/c24-21(25)11-1-3-13-16(9-11)28-18(26-13)6-7-19-27-14-4-2-12(10-17(14)29-19)22(33)30-15(23(34)35)5-8-20(31)32/h1-4,9-10,15H,5-8H2,(H3,24,25)(H,26,28)(H,27,29)(H,30,33)(H,31,32)(H,34,35). The molecule has 180 valence electrons. The van der Waals surface area contributed by atoms with Gasteiger partial charge in [-0.25, -0.2) is 14.8 Å². The molecular formula is C23H23N7O5. The lowest BCUT2D eigenvalue weighted by Crippen LogP contribution is -2.41. The van der Waals surface area contributed by atoms with E-state index in [9.17, 15) is 19.5 Å². The van der Waals surface area contributed by atoms with Crippen LogP contribution in [0.3, 0.4) is 0 Å². The Balaban J connectivity index is 1.44. The van der Waals surface area contributed by atoms with Gasteiger partial charge >= 0.3 is 11.9 Å². The van der Waals surface area contributed by atoms with Gasteiger partial charge in [-0.1, -0.05) is 0 Å². The molecular weight excluding hydrogens is 454 g/mol. The minimum absolute atomic E-state index is 0.0166. The molecule has 12 heteroatoms. The van der Waals surface area contributed by atoms with Crippen LogP contribution in [0.25, 0.3) is 22.1 Å². The first-order valence-corrected chi connectivity index (χ1v) is 10.8. The highest BCUT2D eigenvalue weighted by Crippen LogP contribution is 2.17. The Labute approximate surface area is 198 Å². The molecule has 2 aromatic heterocycles. The third-order valence-corrected chi connectivity index (χ3v) is 5.48. The average molecular weight is 477 g/mol. The number of aromatic amines is 2. The second-order valence-corrected chi connectivity index (χ2v) is 8.04. The Morgan fingerprint density at radius 3 is 2.00 bits per heavy atom. The van der Waals surface area contributed by atoms with Crippen molar-refractivity contribution in [2.45, 2.75) is 31.7 Å². The Hall–Kier alpha value is -4.74. The summed E-state index contributed by atoms with van der Waals surface area (Å²) in [6, 6.07) is 8.78. The highest BCUT2D eigenvalue weighted by Gasteiger charge is 2.22. The van der Waals surface area contributed by atoms with Gasteiger partial charge in [0, 0.05) is 30.4 Å². The van der Waals surface area contributed by atoms with Crippen LogP contribution in [0.15, 0.2) is 36.4 Å². The van der Waals surface area contributed by atoms with E-state index in [0.717, 1.165) is 16.9 Å². The number of imidazole rings is 2. The van der Waals surface area contributed by atoms with Crippen LogP contribution in [-0.4, -0.2) is 59.9 Å². The molecule has 0 aliphatic heterocycles. The molecule has 2 aromatic carbocycles. The van der Waals surface area contributed by atoms with Gasteiger partial charge in [0.1, 0.15) is 23.5 Å². The molecule has 35 heavy (non-hydrogen) atoms. The van der Waals surface area contributed by atoms with Gasteiger partial charge in [-0.15, -0.1) is 0 Å². The quantitative estimate of drug-likeness (QED) is 0.131. The van der Waals surface area contributed by atoms with Gasteiger partial charge in [-0.2, -0.15) is 0 Å². The third-order valence-electron chi connectivity index (χ3n) is 5.48. The van der Waals surface area contributed by atoms with E-state index >= 15 is 0 Å². The summed E-state index contributed by atoms with van der Waals surface area (Å²) in [5, 5.41) is 27.9. The smallest absolute Gasteiger partial charge is 0.326 e.